The Balaban J connectivity index is 3.40. The van der Waals surface area contributed by atoms with Crippen molar-refractivity contribution in [3.63, 3.8) is 0 Å². The molecular formula is C4H8INS. The van der Waals surface area contributed by atoms with Crippen molar-refractivity contribution in [1.29, 1.82) is 5.26 Å². The molecule has 0 aromatic heterocycles. The standard InChI is InChI=1S/C4H8INS/c1-7(2,5)4-3-6/h4H2,1-2H3. The van der Waals surface area contributed by atoms with Crippen LogP contribution in [0.5, 0.6) is 0 Å². The summed E-state index contributed by atoms with van der Waals surface area (Å²) in [5.74, 6) is 0.716. The summed E-state index contributed by atoms with van der Waals surface area (Å²) in [4.78, 5) is 0. The fourth-order valence-electron chi connectivity index (χ4n) is 0.153. The first-order chi connectivity index (χ1) is 3.06. The summed E-state index contributed by atoms with van der Waals surface area (Å²) in [6.45, 7) is 0. The van der Waals surface area contributed by atoms with Crippen LogP contribution in [0.1, 0.15) is 0 Å². The second-order valence-electron chi connectivity index (χ2n) is 1.71. The minimum atomic E-state index is -0.565. The second-order valence-corrected chi connectivity index (χ2v) is 12.0. The Labute approximate surface area is 58.0 Å². The Bertz CT molecular complexity index is 88.8. The molecule has 0 aromatic rings. The zero-order valence-corrected chi connectivity index (χ0v) is 7.41. The van der Waals surface area contributed by atoms with E-state index in [1.165, 1.54) is 0 Å². The molecular weight excluding hydrogens is 221 g/mol. The smallest absolute Gasteiger partial charge is 0.0728 e. The van der Waals surface area contributed by atoms with Crippen LogP contribution in [0, 0.1) is 11.3 Å². The highest BCUT2D eigenvalue weighted by atomic mass is 127. The molecule has 0 aliphatic rings. The minimum absolute atomic E-state index is 0.565. The summed E-state index contributed by atoms with van der Waals surface area (Å²) in [5, 5.41) is 8.17. The van der Waals surface area contributed by atoms with Crippen LogP contribution in [0.4, 0.5) is 0 Å². The summed E-state index contributed by atoms with van der Waals surface area (Å²) >= 11 is 2.34. The van der Waals surface area contributed by atoms with Crippen molar-refractivity contribution >= 4 is 28.4 Å². The molecule has 42 valence electrons. The molecule has 0 aromatic carbocycles. The van der Waals surface area contributed by atoms with E-state index in [9.17, 15) is 0 Å². The zero-order chi connectivity index (χ0) is 5.91. The van der Waals surface area contributed by atoms with Crippen LogP contribution in [0.15, 0.2) is 0 Å². The van der Waals surface area contributed by atoms with Gasteiger partial charge in [-0.25, -0.2) is 0 Å². The average Bonchev–Trinajstić information content (AvgIpc) is 1.30. The molecule has 1 nitrogen and oxygen atoms in total. The Morgan fingerprint density at radius 3 is 2.14 bits per heavy atom. The Kier molecular flexibility index (Phi) is 3.00. The van der Waals surface area contributed by atoms with Gasteiger partial charge in [-0.2, -0.15) is 12.5 Å². The van der Waals surface area contributed by atoms with Gasteiger partial charge in [-0.15, -0.1) is 0 Å². The average molecular weight is 229 g/mol. The molecule has 0 radical (unpaired) electrons. The van der Waals surface area contributed by atoms with Gasteiger partial charge in [0, 0.05) is 0 Å². The molecule has 0 rings (SSSR count). The van der Waals surface area contributed by atoms with Crippen LogP contribution in [0.3, 0.4) is 0 Å². The molecule has 0 heterocycles. The molecule has 0 bridgehead atoms. The number of hydrogen-bond donors (Lipinski definition) is 0. The molecule has 0 fully saturated rings. The van der Waals surface area contributed by atoms with Gasteiger partial charge < -0.3 is 0 Å². The molecule has 3 heteroatoms. The van der Waals surface area contributed by atoms with Crippen LogP contribution in [0.2, 0.25) is 0 Å². The maximum absolute atomic E-state index is 8.17. The zero-order valence-electron chi connectivity index (χ0n) is 4.44. The lowest BCUT2D eigenvalue weighted by Crippen LogP contribution is -1.86. The van der Waals surface area contributed by atoms with Crippen molar-refractivity contribution in [3.8, 4) is 6.07 Å². The van der Waals surface area contributed by atoms with Gasteiger partial charge in [0.15, 0.2) is 0 Å². The molecule has 0 unspecified atom stereocenters. The van der Waals surface area contributed by atoms with Gasteiger partial charge in [0.25, 0.3) is 0 Å². The number of nitrogens with zero attached hydrogens (tertiary/aromatic N) is 1. The molecule has 0 amide bonds. The van der Waals surface area contributed by atoms with Crippen molar-refractivity contribution in [1.82, 2.24) is 0 Å². The van der Waals surface area contributed by atoms with E-state index in [-0.39, 0.29) is 0 Å². The van der Waals surface area contributed by atoms with E-state index in [2.05, 4.69) is 39.8 Å². The summed E-state index contributed by atoms with van der Waals surface area (Å²) in [6.07, 6.45) is 4.24. The Morgan fingerprint density at radius 2 is 2.14 bits per heavy atom. The van der Waals surface area contributed by atoms with E-state index < -0.39 is 7.20 Å². The van der Waals surface area contributed by atoms with Crippen LogP contribution in [-0.2, 0) is 0 Å². The third-order valence-electron chi connectivity index (χ3n) is 0.408. The highest BCUT2D eigenvalue weighted by molar-refractivity contribution is 14.2. The lowest BCUT2D eigenvalue weighted by atomic mass is 10.9. The van der Waals surface area contributed by atoms with Gasteiger partial charge in [-0.3, -0.25) is 0 Å². The van der Waals surface area contributed by atoms with E-state index in [0.29, 0.717) is 5.75 Å². The van der Waals surface area contributed by atoms with E-state index >= 15 is 0 Å². The first kappa shape index (κ1) is 7.57. The van der Waals surface area contributed by atoms with E-state index in [4.69, 9.17) is 5.26 Å². The fraction of sp³-hybridized carbons (Fsp3) is 0.750. The van der Waals surface area contributed by atoms with Crippen molar-refractivity contribution in [2.45, 2.75) is 0 Å². The van der Waals surface area contributed by atoms with Gasteiger partial charge >= 0.3 is 0 Å². The summed E-state index contributed by atoms with van der Waals surface area (Å²) < 4.78 is 0. The lowest BCUT2D eigenvalue weighted by molar-refractivity contribution is 1.49. The number of rotatable bonds is 1. The first-order valence-electron chi connectivity index (χ1n) is 1.84. The highest BCUT2D eigenvalue weighted by Crippen LogP contribution is 2.47. The van der Waals surface area contributed by atoms with E-state index in [1.807, 2.05) is 0 Å². The predicted octanol–water partition coefficient (Wildman–Crippen LogP) is 1.92. The second kappa shape index (κ2) is 2.78. The van der Waals surface area contributed by atoms with E-state index in [0.717, 1.165) is 0 Å². The monoisotopic (exact) mass is 229 g/mol. The van der Waals surface area contributed by atoms with Crippen LogP contribution >= 0.6 is 28.4 Å². The largest absolute Gasteiger partial charge is 0.197 e. The summed E-state index contributed by atoms with van der Waals surface area (Å²) in [5.41, 5.74) is 0. The van der Waals surface area contributed by atoms with Crippen molar-refractivity contribution in [3.05, 3.63) is 0 Å². The topological polar surface area (TPSA) is 23.8 Å². The molecule has 0 atom stereocenters. The molecule has 0 saturated heterocycles. The van der Waals surface area contributed by atoms with Crippen molar-refractivity contribution in [2.75, 3.05) is 18.3 Å². The molecule has 7 heavy (non-hydrogen) atoms. The fourth-order valence-corrected chi connectivity index (χ4v) is 0.878. The SMILES string of the molecule is CS(C)(I)CC#N. The van der Waals surface area contributed by atoms with Crippen LogP contribution < -0.4 is 0 Å². The maximum atomic E-state index is 8.17. The van der Waals surface area contributed by atoms with Crippen molar-refractivity contribution < 1.29 is 0 Å². The Hall–Kier alpha value is 0.570. The highest BCUT2D eigenvalue weighted by Gasteiger charge is 2.02. The normalized spacial score (nSPS) is 12.9. The first-order valence-corrected chi connectivity index (χ1v) is 7.00. The quantitative estimate of drug-likeness (QED) is 0.630. The third-order valence-corrected chi connectivity index (χ3v) is 2.16. The third kappa shape index (κ3) is 6.57. The number of halogens is 1. The van der Waals surface area contributed by atoms with Gasteiger partial charge in [0.1, 0.15) is 0 Å². The predicted molar refractivity (Wildman–Crippen MR) is 43.9 cm³/mol. The maximum Gasteiger partial charge on any atom is 0.0728 e. The summed E-state index contributed by atoms with van der Waals surface area (Å²) in [7, 11) is -0.565. The number of nitriles is 1. The van der Waals surface area contributed by atoms with E-state index in [1.54, 1.807) is 0 Å². The molecule has 0 spiro atoms. The van der Waals surface area contributed by atoms with Gasteiger partial charge in [0.2, 0.25) is 0 Å². The molecule has 0 aliphatic carbocycles. The summed E-state index contributed by atoms with van der Waals surface area (Å²) in [6, 6.07) is 2.14. The van der Waals surface area contributed by atoms with Crippen LogP contribution in [-0.4, -0.2) is 18.3 Å². The van der Waals surface area contributed by atoms with Gasteiger partial charge in [-0.1, -0.05) is 0 Å². The molecule has 0 aliphatic heterocycles. The molecule has 0 saturated carbocycles. The molecule has 0 N–H and O–H groups in total. The van der Waals surface area contributed by atoms with Gasteiger partial charge in [-0.05, 0) is 33.7 Å². The van der Waals surface area contributed by atoms with Crippen molar-refractivity contribution in [2.24, 2.45) is 0 Å². The Morgan fingerprint density at radius 1 is 1.71 bits per heavy atom. The number of hydrogen-bond acceptors (Lipinski definition) is 1. The van der Waals surface area contributed by atoms with Crippen LogP contribution in [0.25, 0.3) is 0 Å². The van der Waals surface area contributed by atoms with Gasteiger partial charge in [0.05, 0.1) is 11.8 Å². The minimum Gasteiger partial charge on any atom is -0.197 e. The lowest BCUT2D eigenvalue weighted by Gasteiger charge is -2.16.